The van der Waals surface area contributed by atoms with Crippen molar-refractivity contribution in [3.05, 3.63) is 172 Å². The first-order valence-electron chi connectivity index (χ1n) is 16.6. The van der Waals surface area contributed by atoms with Crippen LogP contribution in [0.4, 0.5) is 17.6 Å². The Kier molecular flexibility index (Phi) is 12.3. The number of halogens is 4. The lowest BCUT2D eigenvalue weighted by Crippen LogP contribution is -2.61. The van der Waals surface area contributed by atoms with Crippen LogP contribution in [-0.2, 0) is 23.7 Å². The zero-order valence-electron chi connectivity index (χ0n) is 28.7. The van der Waals surface area contributed by atoms with E-state index in [-0.39, 0.29) is 22.3 Å². The summed E-state index contributed by atoms with van der Waals surface area (Å²) in [6.45, 7) is 1.24. The second kappa shape index (κ2) is 17.4. The molecule has 0 N–H and O–H groups in total. The molecule has 0 saturated carbocycles. The highest BCUT2D eigenvalue weighted by molar-refractivity contribution is 7.99. The molecule has 1 saturated heterocycles. The number of hydrogen-bond donors (Lipinski definition) is 0. The third-order valence-electron chi connectivity index (χ3n) is 8.29. The van der Waals surface area contributed by atoms with Gasteiger partial charge in [-0.05, 0) is 116 Å². The topological polar surface area (TPSA) is 114 Å². The SMILES string of the molecule is Cc1ccc(S[C@@H]2O[C@H](COC(=O)c3ccc(F)cc3)[C@H](OC(=O)c3ccc(F)cc3)[C@H](OC(=O)c3ccc(F)cc3)[C@H]2OC(=O)c2ccc(F)cc2)cc1. The van der Waals surface area contributed by atoms with Gasteiger partial charge >= 0.3 is 23.9 Å². The molecule has 0 bridgehead atoms. The first-order valence-corrected chi connectivity index (χ1v) is 17.5. The molecule has 5 aromatic rings. The molecule has 5 atom stereocenters. The molecule has 1 aliphatic rings. The van der Waals surface area contributed by atoms with Crippen molar-refractivity contribution in [2.75, 3.05) is 6.61 Å². The van der Waals surface area contributed by atoms with Gasteiger partial charge in [0.15, 0.2) is 18.3 Å². The lowest BCUT2D eigenvalue weighted by molar-refractivity contribution is -0.207. The van der Waals surface area contributed by atoms with Crippen LogP contribution in [-0.4, -0.2) is 60.3 Å². The van der Waals surface area contributed by atoms with Crippen LogP contribution in [0.15, 0.2) is 126 Å². The summed E-state index contributed by atoms with van der Waals surface area (Å²) >= 11 is 1.04. The van der Waals surface area contributed by atoms with Gasteiger partial charge in [-0.25, -0.2) is 36.7 Å². The molecule has 5 aromatic carbocycles. The van der Waals surface area contributed by atoms with Crippen LogP contribution in [0, 0.1) is 30.2 Å². The first kappa shape index (κ1) is 38.7. The Balaban J connectivity index is 1.42. The minimum absolute atomic E-state index is 0.0203. The van der Waals surface area contributed by atoms with Crippen LogP contribution < -0.4 is 0 Å². The lowest BCUT2D eigenvalue weighted by atomic mass is 9.98. The molecule has 6 rings (SSSR count). The quantitative estimate of drug-likeness (QED) is 0.0746. The Hall–Kier alpha value is -5.99. The van der Waals surface area contributed by atoms with E-state index in [1.54, 1.807) is 12.1 Å². The van der Waals surface area contributed by atoms with Gasteiger partial charge in [0.05, 0.1) is 22.3 Å². The van der Waals surface area contributed by atoms with Crippen LogP contribution in [0.25, 0.3) is 0 Å². The summed E-state index contributed by atoms with van der Waals surface area (Å²) in [5.74, 6) is -6.48. The van der Waals surface area contributed by atoms with Gasteiger partial charge in [-0.15, -0.1) is 0 Å². The maximum Gasteiger partial charge on any atom is 0.338 e. The van der Waals surface area contributed by atoms with Gasteiger partial charge in [-0.1, -0.05) is 29.5 Å². The summed E-state index contributed by atoms with van der Waals surface area (Å²) in [5.41, 5.74) is -0.677. The molecule has 0 aliphatic carbocycles. The van der Waals surface area contributed by atoms with E-state index < -0.39 is 83.6 Å². The van der Waals surface area contributed by atoms with Crippen LogP contribution in [0.5, 0.6) is 0 Å². The minimum Gasteiger partial charge on any atom is -0.459 e. The van der Waals surface area contributed by atoms with Gasteiger partial charge in [0.1, 0.15) is 41.4 Å². The number of carbonyl (C=O) groups is 4. The molecule has 14 heteroatoms. The fourth-order valence-corrected chi connectivity index (χ4v) is 6.52. The lowest BCUT2D eigenvalue weighted by Gasteiger charge is -2.44. The number of thioether (sulfide) groups is 1. The molecule has 0 aromatic heterocycles. The van der Waals surface area contributed by atoms with E-state index in [4.69, 9.17) is 23.7 Å². The van der Waals surface area contributed by atoms with E-state index in [1.165, 1.54) is 24.3 Å². The fourth-order valence-electron chi connectivity index (χ4n) is 5.42. The highest BCUT2D eigenvalue weighted by atomic mass is 32.2. The molecule has 0 amide bonds. The van der Waals surface area contributed by atoms with Crippen molar-refractivity contribution in [3.63, 3.8) is 0 Å². The molecular weight excluding hydrogens is 745 g/mol. The number of hydrogen-bond acceptors (Lipinski definition) is 10. The highest BCUT2D eigenvalue weighted by Crippen LogP contribution is 2.38. The Bertz CT molecular complexity index is 2130. The zero-order valence-corrected chi connectivity index (χ0v) is 29.6. The van der Waals surface area contributed by atoms with Gasteiger partial charge in [-0.2, -0.15) is 0 Å². The fraction of sp³-hybridized carbons (Fsp3) is 0.171. The van der Waals surface area contributed by atoms with E-state index in [0.717, 1.165) is 90.1 Å². The van der Waals surface area contributed by atoms with E-state index >= 15 is 0 Å². The van der Waals surface area contributed by atoms with Crippen LogP contribution in [0.3, 0.4) is 0 Å². The summed E-state index contributed by atoms with van der Waals surface area (Å²) in [7, 11) is 0. The number of esters is 4. The van der Waals surface area contributed by atoms with Crippen molar-refractivity contribution < 1.29 is 60.4 Å². The second-order valence-electron chi connectivity index (χ2n) is 12.2. The summed E-state index contributed by atoms with van der Waals surface area (Å²) in [5, 5.41) is 0. The van der Waals surface area contributed by atoms with Crippen molar-refractivity contribution in [1.82, 2.24) is 0 Å². The van der Waals surface area contributed by atoms with Crippen molar-refractivity contribution in [2.24, 2.45) is 0 Å². The van der Waals surface area contributed by atoms with Gasteiger partial charge in [0.25, 0.3) is 0 Å². The predicted octanol–water partition coefficient (Wildman–Crippen LogP) is 7.90. The maximum atomic E-state index is 13.8. The van der Waals surface area contributed by atoms with Crippen LogP contribution in [0.1, 0.15) is 47.0 Å². The second-order valence-corrected chi connectivity index (χ2v) is 13.4. The first-order chi connectivity index (χ1) is 26.4. The molecule has 1 heterocycles. The van der Waals surface area contributed by atoms with Crippen molar-refractivity contribution in [1.29, 1.82) is 0 Å². The van der Waals surface area contributed by atoms with Gasteiger partial charge in [0.2, 0.25) is 0 Å². The Morgan fingerprint density at radius 3 is 1.29 bits per heavy atom. The largest absolute Gasteiger partial charge is 0.459 e. The smallest absolute Gasteiger partial charge is 0.338 e. The average molecular weight is 775 g/mol. The van der Waals surface area contributed by atoms with E-state index in [1.807, 2.05) is 19.1 Å². The summed E-state index contributed by atoms with van der Waals surface area (Å²) in [6.07, 6.45) is -6.41. The Morgan fingerprint density at radius 1 is 0.509 bits per heavy atom. The van der Waals surface area contributed by atoms with Crippen LogP contribution in [0.2, 0.25) is 0 Å². The molecule has 0 unspecified atom stereocenters. The zero-order chi connectivity index (χ0) is 39.1. The molecule has 55 heavy (non-hydrogen) atoms. The summed E-state index contributed by atoms with van der Waals surface area (Å²) in [4.78, 5) is 54.7. The minimum atomic E-state index is -1.71. The van der Waals surface area contributed by atoms with Crippen molar-refractivity contribution in [2.45, 2.75) is 41.7 Å². The Morgan fingerprint density at radius 2 is 0.873 bits per heavy atom. The predicted molar refractivity (Wildman–Crippen MR) is 189 cm³/mol. The van der Waals surface area contributed by atoms with E-state index in [9.17, 15) is 36.7 Å². The molecular formula is C41H30F4O9S. The molecule has 1 aliphatic heterocycles. The van der Waals surface area contributed by atoms with Gasteiger partial charge in [0, 0.05) is 4.90 Å². The standard InChI is InChI=1S/C41H30F4O9S/c1-23-2-20-32(21-3-23)55-41-36(54-40(49)27-10-18-31(45)19-11-27)35(53-39(48)26-8-16-30(44)17-9-26)34(52-38(47)25-6-14-29(43)15-7-25)33(51-41)22-50-37(46)24-4-12-28(42)13-5-24/h2-21,33-36,41H,22H2,1H3/t33-,34+,35+,36-,41+/m1/s1. The van der Waals surface area contributed by atoms with Crippen molar-refractivity contribution in [3.8, 4) is 0 Å². The number of benzene rings is 5. The normalized spacial score (nSPS) is 19.2. The third-order valence-corrected chi connectivity index (χ3v) is 9.45. The van der Waals surface area contributed by atoms with E-state index in [0.29, 0.717) is 4.90 Å². The number of carbonyl (C=O) groups excluding carboxylic acids is 4. The van der Waals surface area contributed by atoms with E-state index in [2.05, 4.69) is 0 Å². The van der Waals surface area contributed by atoms with Gasteiger partial charge in [-0.3, -0.25) is 0 Å². The maximum absolute atomic E-state index is 13.8. The number of aryl methyl sites for hydroxylation is 1. The summed E-state index contributed by atoms with van der Waals surface area (Å²) < 4.78 is 84.7. The van der Waals surface area contributed by atoms with Gasteiger partial charge < -0.3 is 23.7 Å². The third kappa shape index (κ3) is 9.96. The number of rotatable bonds is 11. The molecule has 282 valence electrons. The van der Waals surface area contributed by atoms with Crippen LogP contribution >= 0.6 is 11.8 Å². The number of ether oxygens (including phenoxy) is 5. The average Bonchev–Trinajstić information content (AvgIpc) is 3.18. The summed E-state index contributed by atoms with van der Waals surface area (Å²) in [6, 6.07) is 24.7. The molecule has 0 radical (unpaired) electrons. The highest BCUT2D eigenvalue weighted by Gasteiger charge is 2.53. The molecule has 1 fully saturated rings. The monoisotopic (exact) mass is 774 g/mol. The van der Waals surface area contributed by atoms with Crippen molar-refractivity contribution >= 4 is 35.6 Å². The molecule has 0 spiro atoms. The molecule has 9 nitrogen and oxygen atoms in total. The Labute approximate surface area is 316 Å².